The molecule has 0 saturated heterocycles. The van der Waals surface area contributed by atoms with Crippen LogP contribution in [0.5, 0.6) is 0 Å². The molecule has 0 aliphatic heterocycles. The quantitative estimate of drug-likeness (QED) is 0.892. The minimum absolute atomic E-state index is 0.0609. The molecule has 5 nitrogen and oxygen atoms in total. The molecule has 0 spiro atoms. The van der Waals surface area contributed by atoms with E-state index in [4.69, 9.17) is 16.7 Å². The minimum atomic E-state index is -1.21. The van der Waals surface area contributed by atoms with Gasteiger partial charge in [0.1, 0.15) is 5.69 Å². The molecule has 0 aliphatic rings. The standard InChI is InChI=1S/C10H7ClFN3O2/c1-5-9(10(16)17)13-14-15(5)7-4-2-3-6(11)8(7)12/h2-4H,1H3,(H,16,17). The van der Waals surface area contributed by atoms with Crippen molar-refractivity contribution in [1.82, 2.24) is 15.0 Å². The van der Waals surface area contributed by atoms with Crippen molar-refractivity contribution in [3.8, 4) is 5.69 Å². The maximum Gasteiger partial charge on any atom is 0.358 e. The minimum Gasteiger partial charge on any atom is -0.476 e. The Kier molecular flexibility index (Phi) is 2.81. The maximum atomic E-state index is 13.7. The summed E-state index contributed by atoms with van der Waals surface area (Å²) in [5.74, 6) is -1.88. The second-order valence-electron chi connectivity index (χ2n) is 3.31. The van der Waals surface area contributed by atoms with E-state index in [1.807, 2.05) is 0 Å². The Bertz CT molecular complexity index is 597. The van der Waals surface area contributed by atoms with Crippen LogP contribution in [0, 0.1) is 12.7 Å². The highest BCUT2D eigenvalue weighted by Crippen LogP contribution is 2.22. The Labute approximate surface area is 100 Å². The predicted molar refractivity (Wildman–Crippen MR) is 58.0 cm³/mol. The summed E-state index contributed by atoms with van der Waals surface area (Å²) < 4.78 is 14.8. The zero-order valence-corrected chi connectivity index (χ0v) is 9.44. The number of carboxylic acid groups (broad SMARTS) is 1. The third-order valence-corrected chi connectivity index (χ3v) is 2.55. The van der Waals surface area contributed by atoms with Crippen LogP contribution in [-0.4, -0.2) is 26.1 Å². The molecule has 2 aromatic rings. The zero-order chi connectivity index (χ0) is 12.6. The van der Waals surface area contributed by atoms with Gasteiger partial charge < -0.3 is 5.11 Å². The van der Waals surface area contributed by atoms with E-state index in [0.717, 1.165) is 4.68 Å². The van der Waals surface area contributed by atoms with Crippen molar-refractivity contribution in [2.75, 3.05) is 0 Å². The molecule has 0 amide bonds. The van der Waals surface area contributed by atoms with Gasteiger partial charge in [0.05, 0.1) is 10.7 Å². The SMILES string of the molecule is Cc1c(C(=O)O)nnn1-c1cccc(Cl)c1F. The van der Waals surface area contributed by atoms with Crippen LogP contribution < -0.4 is 0 Å². The molecule has 17 heavy (non-hydrogen) atoms. The number of benzene rings is 1. The monoisotopic (exact) mass is 255 g/mol. The molecule has 0 aliphatic carbocycles. The summed E-state index contributed by atoms with van der Waals surface area (Å²) >= 11 is 5.63. The van der Waals surface area contributed by atoms with Crippen molar-refractivity contribution in [3.05, 3.63) is 40.4 Å². The molecule has 2 rings (SSSR count). The van der Waals surface area contributed by atoms with Crippen molar-refractivity contribution in [3.63, 3.8) is 0 Å². The second kappa shape index (κ2) is 4.14. The number of nitrogens with zero attached hydrogens (tertiary/aromatic N) is 3. The Morgan fingerprint density at radius 1 is 1.53 bits per heavy atom. The third-order valence-electron chi connectivity index (χ3n) is 2.26. The van der Waals surface area contributed by atoms with Crippen molar-refractivity contribution in [1.29, 1.82) is 0 Å². The fourth-order valence-electron chi connectivity index (χ4n) is 1.41. The summed E-state index contributed by atoms with van der Waals surface area (Å²) in [7, 11) is 0. The van der Waals surface area contributed by atoms with Gasteiger partial charge in [-0.1, -0.05) is 22.9 Å². The fourth-order valence-corrected chi connectivity index (χ4v) is 1.58. The van der Waals surface area contributed by atoms with Gasteiger partial charge in [-0.2, -0.15) is 0 Å². The van der Waals surface area contributed by atoms with Crippen LogP contribution in [0.3, 0.4) is 0 Å². The van der Waals surface area contributed by atoms with Crippen LogP contribution >= 0.6 is 11.6 Å². The third kappa shape index (κ3) is 1.87. The van der Waals surface area contributed by atoms with Crippen LogP contribution in [0.25, 0.3) is 5.69 Å². The van der Waals surface area contributed by atoms with Crippen LogP contribution in [0.1, 0.15) is 16.2 Å². The first kappa shape index (κ1) is 11.5. The van der Waals surface area contributed by atoms with Gasteiger partial charge in [-0.25, -0.2) is 13.9 Å². The molecule has 1 heterocycles. The van der Waals surface area contributed by atoms with Crippen molar-refractivity contribution >= 4 is 17.6 Å². The van der Waals surface area contributed by atoms with Crippen molar-refractivity contribution in [2.24, 2.45) is 0 Å². The number of hydrogen-bond acceptors (Lipinski definition) is 3. The van der Waals surface area contributed by atoms with Crippen LogP contribution in [0.15, 0.2) is 18.2 Å². The Morgan fingerprint density at radius 2 is 2.24 bits per heavy atom. The first-order valence-electron chi connectivity index (χ1n) is 4.62. The Morgan fingerprint density at radius 3 is 2.82 bits per heavy atom. The Hall–Kier alpha value is -1.95. The second-order valence-corrected chi connectivity index (χ2v) is 3.72. The number of hydrogen-bond donors (Lipinski definition) is 1. The van der Waals surface area contributed by atoms with Gasteiger partial charge in [-0.05, 0) is 19.1 Å². The number of carbonyl (C=O) groups is 1. The molecule has 0 bridgehead atoms. The van der Waals surface area contributed by atoms with E-state index < -0.39 is 11.8 Å². The lowest BCUT2D eigenvalue weighted by Crippen LogP contribution is -2.04. The number of rotatable bonds is 2. The zero-order valence-electron chi connectivity index (χ0n) is 8.69. The molecule has 0 fully saturated rings. The molecule has 0 saturated carbocycles. The van der Waals surface area contributed by atoms with Gasteiger partial charge in [-0.3, -0.25) is 0 Å². The lowest BCUT2D eigenvalue weighted by atomic mass is 10.3. The first-order chi connectivity index (χ1) is 8.02. The van der Waals surface area contributed by atoms with E-state index >= 15 is 0 Å². The van der Waals surface area contributed by atoms with Gasteiger partial charge in [0.15, 0.2) is 11.5 Å². The lowest BCUT2D eigenvalue weighted by molar-refractivity contribution is 0.0689. The summed E-state index contributed by atoms with van der Waals surface area (Å²) in [6.07, 6.45) is 0. The largest absolute Gasteiger partial charge is 0.476 e. The molecule has 0 atom stereocenters. The van der Waals surface area contributed by atoms with Gasteiger partial charge in [0.25, 0.3) is 0 Å². The molecule has 0 radical (unpaired) electrons. The molecule has 1 aromatic heterocycles. The average molecular weight is 256 g/mol. The van der Waals surface area contributed by atoms with E-state index in [1.165, 1.54) is 19.1 Å². The average Bonchev–Trinajstić information content (AvgIpc) is 2.64. The van der Waals surface area contributed by atoms with Crippen LogP contribution in [0.4, 0.5) is 4.39 Å². The number of carboxylic acids is 1. The van der Waals surface area contributed by atoms with E-state index in [9.17, 15) is 9.18 Å². The normalized spacial score (nSPS) is 10.5. The van der Waals surface area contributed by atoms with E-state index in [-0.39, 0.29) is 22.1 Å². The summed E-state index contributed by atoms with van der Waals surface area (Å²) in [4.78, 5) is 10.8. The molecule has 1 aromatic carbocycles. The van der Waals surface area contributed by atoms with Gasteiger partial charge in [0.2, 0.25) is 0 Å². The molecule has 7 heteroatoms. The highest BCUT2D eigenvalue weighted by molar-refractivity contribution is 6.30. The first-order valence-corrected chi connectivity index (χ1v) is 5.00. The van der Waals surface area contributed by atoms with E-state index in [0.29, 0.717) is 0 Å². The van der Waals surface area contributed by atoms with Gasteiger partial charge in [-0.15, -0.1) is 5.10 Å². The predicted octanol–water partition coefficient (Wildman–Crippen LogP) is 2.07. The highest BCUT2D eigenvalue weighted by Gasteiger charge is 2.18. The molecule has 0 unspecified atom stereocenters. The molecule has 88 valence electrons. The topological polar surface area (TPSA) is 68.0 Å². The van der Waals surface area contributed by atoms with Crippen molar-refractivity contribution < 1.29 is 14.3 Å². The van der Waals surface area contributed by atoms with Crippen LogP contribution in [-0.2, 0) is 0 Å². The summed E-state index contributed by atoms with van der Waals surface area (Å²) in [6, 6.07) is 4.38. The van der Waals surface area contributed by atoms with Crippen LogP contribution in [0.2, 0.25) is 5.02 Å². The Balaban J connectivity index is 2.62. The van der Waals surface area contributed by atoms with Crippen molar-refractivity contribution in [2.45, 2.75) is 6.92 Å². The number of halogens is 2. The van der Waals surface area contributed by atoms with Gasteiger partial charge in [0, 0.05) is 0 Å². The molecule has 1 N–H and O–H groups in total. The summed E-state index contributed by atoms with van der Waals surface area (Å²) in [6.45, 7) is 1.49. The van der Waals surface area contributed by atoms with Gasteiger partial charge >= 0.3 is 5.97 Å². The molecular weight excluding hydrogens is 249 g/mol. The highest BCUT2D eigenvalue weighted by atomic mass is 35.5. The smallest absolute Gasteiger partial charge is 0.358 e. The maximum absolute atomic E-state index is 13.7. The van der Waals surface area contributed by atoms with E-state index in [2.05, 4.69) is 10.3 Å². The number of aromatic carboxylic acids is 1. The molecular formula is C10H7ClFN3O2. The summed E-state index contributed by atoms with van der Waals surface area (Å²) in [5.41, 5.74) is 0.0815. The summed E-state index contributed by atoms with van der Waals surface area (Å²) in [5, 5.41) is 15.8. The lowest BCUT2D eigenvalue weighted by Gasteiger charge is -2.05. The fraction of sp³-hybridized carbons (Fsp3) is 0.100. The number of aromatic nitrogens is 3. The van der Waals surface area contributed by atoms with E-state index in [1.54, 1.807) is 6.07 Å².